The predicted octanol–water partition coefficient (Wildman–Crippen LogP) is 3.41. The lowest BCUT2D eigenvalue weighted by molar-refractivity contribution is 0.0964. The minimum atomic E-state index is -0.528. The second-order valence-electron chi connectivity index (χ2n) is 11.6. The summed E-state index contributed by atoms with van der Waals surface area (Å²) in [6.45, 7) is 3.01. The predicted molar refractivity (Wildman–Crippen MR) is 158 cm³/mol. The highest BCUT2D eigenvalue weighted by Crippen LogP contribution is 2.37. The lowest BCUT2D eigenvalue weighted by Crippen LogP contribution is -2.41. The van der Waals surface area contributed by atoms with Gasteiger partial charge in [-0.3, -0.25) is 19.2 Å². The number of hydrogen-bond acceptors (Lipinski definition) is 6. The van der Waals surface area contributed by atoms with Crippen molar-refractivity contribution in [1.29, 1.82) is 0 Å². The summed E-state index contributed by atoms with van der Waals surface area (Å²) in [6.07, 6.45) is 5.79. The zero-order valence-corrected chi connectivity index (χ0v) is 23.9. The summed E-state index contributed by atoms with van der Waals surface area (Å²) < 4.78 is 20.7. The number of nitrogens with zero attached hydrogens (tertiary/aromatic N) is 6. The van der Waals surface area contributed by atoms with Crippen molar-refractivity contribution in [3.63, 3.8) is 0 Å². The van der Waals surface area contributed by atoms with Crippen LogP contribution in [0.1, 0.15) is 45.8 Å². The molecule has 4 aromatic rings. The van der Waals surface area contributed by atoms with Crippen molar-refractivity contribution in [3.8, 4) is 11.1 Å². The number of halogens is 1. The number of anilines is 3. The van der Waals surface area contributed by atoms with Gasteiger partial charge in [-0.15, -0.1) is 0 Å². The summed E-state index contributed by atoms with van der Waals surface area (Å²) in [5, 5.41) is 18.3. The Labute approximate surface area is 242 Å². The number of hydrogen-bond donors (Lipinski definition) is 2. The zero-order chi connectivity index (χ0) is 29.1. The molecule has 0 bridgehead atoms. The third kappa shape index (κ3) is 4.44. The van der Waals surface area contributed by atoms with Gasteiger partial charge in [0.25, 0.3) is 11.5 Å². The first-order chi connectivity index (χ1) is 20.3. The molecule has 11 heteroatoms. The Bertz CT molecular complexity index is 1790. The molecule has 0 radical (unpaired) electrons. The van der Waals surface area contributed by atoms with Gasteiger partial charge in [0.05, 0.1) is 24.5 Å². The number of fused-ring (bicyclic) bond motifs is 4. The van der Waals surface area contributed by atoms with E-state index < -0.39 is 12.4 Å². The van der Waals surface area contributed by atoms with Gasteiger partial charge in [0, 0.05) is 62.3 Å². The maximum Gasteiger partial charge on any atom is 0.274 e. The minimum Gasteiger partial charge on any atom is -0.392 e. The first-order valence-corrected chi connectivity index (χ1v) is 14.5. The Morgan fingerprint density at radius 2 is 1.83 bits per heavy atom. The van der Waals surface area contributed by atoms with Gasteiger partial charge >= 0.3 is 0 Å². The zero-order valence-electron chi connectivity index (χ0n) is 23.9. The number of aryl methyl sites for hydroxylation is 2. The van der Waals surface area contributed by atoms with Crippen molar-refractivity contribution < 1.29 is 14.3 Å². The summed E-state index contributed by atoms with van der Waals surface area (Å²) in [4.78, 5) is 30.6. The molecular formula is C31H34FN7O3. The van der Waals surface area contributed by atoms with Crippen LogP contribution in [0.25, 0.3) is 11.1 Å². The highest BCUT2D eigenvalue weighted by molar-refractivity contribution is 6.07. The normalized spacial score (nSPS) is 16.8. The van der Waals surface area contributed by atoms with Crippen molar-refractivity contribution in [2.45, 2.75) is 51.9 Å². The Balaban J connectivity index is 1.26. The average molecular weight is 572 g/mol. The van der Waals surface area contributed by atoms with Gasteiger partial charge in [0.1, 0.15) is 17.2 Å². The molecule has 0 spiro atoms. The largest absolute Gasteiger partial charge is 0.392 e. The summed E-state index contributed by atoms with van der Waals surface area (Å²) in [5.74, 6) is -0.167. The van der Waals surface area contributed by atoms with Crippen molar-refractivity contribution in [3.05, 3.63) is 80.9 Å². The molecule has 3 aromatic heterocycles. The van der Waals surface area contributed by atoms with E-state index in [2.05, 4.69) is 26.9 Å². The number of likely N-dealkylation sites (N-methyl/N-ethyl adjacent to an activating group) is 1. The average Bonchev–Trinajstić information content (AvgIpc) is 3.56. The number of aliphatic hydroxyl groups excluding tert-OH is 1. The molecule has 1 aliphatic carbocycles. The number of pyridine rings is 1. The molecular weight excluding hydrogens is 537 g/mol. The van der Waals surface area contributed by atoms with Crippen LogP contribution in [0, 0.1) is 5.82 Å². The van der Waals surface area contributed by atoms with Gasteiger partial charge in [0.2, 0.25) is 0 Å². The quantitative estimate of drug-likeness (QED) is 0.381. The summed E-state index contributed by atoms with van der Waals surface area (Å²) in [7, 11) is 3.68. The van der Waals surface area contributed by atoms with Crippen LogP contribution in [0.2, 0.25) is 0 Å². The molecule has 0 unspecified atom stereocenters. The van der Waals surface area contributed by atoms with Crippen molar-refractivity contribution in [1.82, 2.24) is 23.8 Å². The van der Waals surface area contributed by atoms with Gasteiger partial charge in [-0.25, -0.2) is 4.39 Å². The molecule has 0 fully saturated rings. The summed E-state index contributed by atoms with van der Waals surface area (Å²) in [6, 6.07) is 8.23. The lowest BCUT2D eigenvalue weighted by atomic mass is 9.97. The van der Waals surface area contributed by atoms with Crippen molar-refractivity contribution in [2.75, 3.05) is 30.4 Å². The van der Waals surface area contributed by atoms with E-state index in [0.29, 0.717) is 47.0 Å². The number of carbonyl (C=O) groups is 1. The second-order valence-corrected chi connectivity index (χ2v) is 11.6. The van der Waals surface area contributed by atoms with Crippen LogP contribution < -0.4 is 15.8 Å². The van der Waals surface area contributed by atoms with Crippen LogP contribution >= 0.6 is 0 Å². The molecule has 10 nitrogen and oxygen atoms in total. The third-order valence-corrected chi connectivity index (χ3v) is 8.81. The Hall–Kier alpha value is -4.22. The molecule has 7 rings (SSSR count). The smallest absolute Gasteiger partial charge is 0.274 e. The molecule has 42 heavy (non-hydrogen) atoms. The van der Waals surface area contributed by atoms with Crippen LogP contribution in [-0.2, 0) is 46.1 Å². The van der Waals surface area contributed by atoms with E-state index in [1.807, 2.05) is 16.8 Å². The van der Waals surface area contributed by atoms with Crippen LogP contribution in [0.5, 0.6) is 0 Å². The maximum absolute atomic E-state index is 15.3. The molecule has 2 aliphatic heterocycles. The SMILES string of the molecule is CN1CCn2nc(Nc3cc(-c4cc(F)cc(N5CCn6c(cc7c6CCCC7)C5=O)c4CO)cn(C)c3=O)cc2C1. The Morgan fingerprint density at radius 3 is 2.67 bits per heavy atom. The third-order valence-electron chi connectivity index (χ3n) is 8.81. The first-order valence-electron chi connectivity index (χ1n) is 14.5. The highest BCUT2D eigenvalue weighted by Gasteiger charge is 2.32. The molecule has 3 aliphatic rings. The molecule has 0 atom stereocenters. The van der Waals surface area contributed by atoms with Gasteiger partial charge in [0.15, 0.2) is 5.82 Å². The fraction of sp³-hybridized carbons (Fsp3) is 0.387. The fourth-order valence-corrected chi connectivity index (χ4v) is 6.70. The number of nitrogens with one attached hydrogen (secondary N) is 1. The number of aliphatic hydroxyl groups is 1. The van der Waals surface area contributed by atoms with Crippen LogP contribution in [0.4, 0.5) is 21.6 Å². The van der Waals surface area contributed by atoms with Gasteiger partial charge in [-0.05, 0) is 68.1 Å². The van der Waals surface area contributed by atoms with Crippen LogP contribution in [-0.4, -0.2) is 55.0 Å². The fourth-order valence-electron chi connectivity index (χ4n) is 6.70. The van der Waals surface area contributed by atoms with Crippen molar-refractivity contribution >= 4 is 23.1 Å². The maximum atomic E-state index is 15.3. The standard InChI is InChI=1S/C31H34FN7O3/c1-35-7-10-39-22(17-35)15-29(34-39)33-25-11-20(16-36(2)30(25)41)23-13-21(32)14-27(24(23)18-40)38-9-8-37-26-6-4-3-5-19(26)12-28(37)31(38)42/h11-16,40H,3-10,17-18H2,1-2H3,(H,33,34). The van der Waals surface area contributed by atoms with E-state index in [1.54, 1.807) is 24.2 Å². The van der Waals surface area contributed by atoms with E-state index in [9.17, 15) is 14.7 Å². The molecule has 218 valence electrons. The molecule has 1 amide bonds. The number of amides is 1. The van der Waals surface area contributed by atoms with Crippen LogP contribution in [0.15, 0.2) is 41.3 Å². The van der Waals surface area contributed by atoms with E-state index in [1.165, 1.54) is 28.0 Å². The number of rotatable bonds is 5. The van der Waals surface area contributed by atoms with Gasteiger partial charge in [-0.1, -0.05) is 0 Å². The van der Waals surface area contributed by atoms with E-state index in [4.69, 9.17) is 0 Å². The summed E-state index contributed by atoms with van der Waals surface area (Å²) in [5.41, 5.74) is 5.89. The van der Waals surface area contributed by atoms with E-state index >= 15 is 4.39 Å². The topological polar surface area (TPSA) is 101 Å². The summed E-state index contributed by atoms with van der Waals surface area (Å²) >= 11 is 0. The van der Waals surface area contributed by atoms with E-state index in [0.717, 1.165) is 51.0 Å². The second kappa shape index (κ2) is 10.2. The number of benzene rings is 1. The van der Waals surface area contributed by atoms with Gasteiger partial charge in [-0.2, -0.15) is 5.10 Å². The monoisotopic (exact) mass is 571 g/mol. The molecule has 0 saturated heterocycles. The molecule has 0 saturated carbocycles. The lowest BCUT2D eigenvalue weighted by Gasteiger charge is -2.31. The van der Waals surface area contributed by atoms with Crippen molar-refractivity contribution in [2.24, 2.45) is 7.05 Å². The Kier molecular flexibility index (Phi) is 6.51. The minimum absolute atomic E-state index is 0.195. The Morgan fingerprint density at radius 1 is 1.00 bits per heavy atom. The first kappa shape index (κ1) is 26.7. The van der Waals surface area contributed by atoms with E-state index in [-0.39, 0.29) is 17.2 Å². The molecule has 2 N–H and O–H groups in total. The molecule has 1 aromatic carbocycles. The van der Waals surface area contributed by atoms with Crippen LogP contribution in [0.3, 0.4) is 0 Å². The molecule has 5 heterocycles. The highest BCUT2D eigenvalue weighted by atomic mass is 19.1. The number of aromatic nitrogens is 4. The number of carbonyl (C=O) groups excluding carboxylic acids is 1. The van der Waals surface area contributed by atoms with Gasteiger partial charge < -0.3 is 24.5 Å².